The second-order valence-electron chi connectivity index (χ2n) is 9.02. The number of carbonyl (C=O) groups excluding carboxylic acids is 2. The Kier molecular flexibility index (Phi) is 9.80. The summed E-state index contributed by atoms with van der Waals surface area (Å²) in [6.45, 7) is 1.88. The minimum atomic E-state index is -3.67. The largest absolute Gasteiger partial charge is 0.495 e. The maximum atomic E-state index is 12.7. The molecule has 4 N–H and O–H groups in total. The van der Waals surface area contributed by atoms with E-state index in [4.69, 9.17) is 4.74 Å². The Morgan fingerprint density at radius 1 is 1.02 bits per heavy atom. The number of aromatic nitrogens is 1. The van der Waals surface area contributed by atoms with Crippen molar-refractivity contribution in [3.63, 3.8) is 0 Å². The highest BCUT2D eigenvalue weighted by Gasteiger charge is 2.27. The average Bonchev–Trinajstić information content (AvgIpc) is 2.89. The Bertz CT molecular complexity index is 1490. The molecule has 1 atom stereocenters. The first-order valence-corrected chi connectivity index (χ1v) is 13.9. The molecule has 40 heavy (non-hydrogen) atoms. The Balaban J connectivity index is 1.64. The lowest BCUT2D eigenvalue weighted by atomic mass is 10.1. The van der Waals surface area contributed by atoms with Crippen LogP contribution in [-0.2, 0) is 26.0 Å². The Labute approximate surface area is 232 Å². The molecule has 12 nitrogen and oxygen atoms in total. The number of urea groups is 1. The quantitative estimate of drug-likeness (QED) is 0.272. The third-order valence-electron chi connectivity index (χ3n) is 6.01. The zero-order chi connectivity index (χ0) is 29.4. The fourth-order valence-electron chi connectivity index (χ4n) is 3.82. The number of carbonyl (C=O) groups is 3. The lowest BCUT2D eigenvalue weighted by molar-refractivity contribution is -0.138. The molecule has 13 heteroatoms. The molecule has 0 aliphatic carbocycles. The number of aliphatic carboxylic acids is 1. The SMILES string of the molecule is COc1cc(CC(=O)Nc2ccc(C(CC(=O)O)N(C)S(C)(=O)=O)nc2)ccc1NC(=O)Nc1ccccc1C. The van der Waals surface area contributed by atoms with Gasteiger partial charge < -0.3 is 25.8 Å². The molecule has 2 aromatic carbocycles. The van der Waals surface area contributed by atoms with Crippen molar-refractivity contribution in [1.29, 1.82) is 0 Å². The van der Waals surface area contributed by atoms with Gasteiger partial charge in [0.15, 0.2) is 0 Å². The molecule has 1 unspecified atom stereocenters. The zero-order valence-electron chi connectivity index (χ0n) is 22.5. The van der Waals surface area contributed by atoms with E-state index in [1.807, 2.05) is 25.1 Å². The number of amides is 3. The molecule has 1 heterocycles. The van der Waals surface area contributed by atoms with E-state index in [1.165, 1.54) is 32.5 Å². The fourth-order valence-corrected chi connectivity index (χ4v) is 4.47. The molecule has 3 amide bonds. The molecule has 0 aliphatic heterocycles. The van der Waals surface area contributed by atoms with Crippen LogP contribution in [-0.4, -0.2) is 61.1 Å². The predicted octanol–water partition coefficient (Wildman–Crippen LogP) is 3.63. The van der Waals surface area contributed by atoms with E-state index in [9.17, 15) is 27.9 Å². The summed E-state index contributed by atoms with van der Waals surface area (Å²) in [6, 6.07) is 13.9. The summed E-state index contributed by atoms with van der Waals surface area (Å²) in [4.78, 5) is 40.6. The van der Waals surface area contributed by atoms with Gasteiger partial charge in [0.1, 0.15) is 5.75 Å². The molecule has 0 saturated carbocycles. The van der Waals surface area contributed by atoms with Crippen LogP contribution in [0.1, 0.15) is 29.3 Å². The van der Waals surface area contributed by atoms with Gasteiger partial charge in [0, 0.05) is 12.7 Å². The lowest BCUT2D eigenvalue weighted by Crippen LogP contribution is -2.32. The van der Waals surface area contributed by atoms with Gasteiger partial charge in [-0.25, -0.2) is 13.2 Å². The molecule has 3 rings (SSSR count). The van der Waals surface area contributed by atoms with Crippen LogP contribution in [0.2, 0.25) is 0 Å². The van der Waals surface area contributed by atoms with Gasteiger partial charge in [-0.15, -0.1) is 0 Å². The summed E-state index contributed by atoms with van der Waals surface area (Å²) in [5.41, 5.74) is 3.22. The standard InChI is InChI=1S/C27H31N5O7S/c1-17-7-5-6-8-20(17)30-27(36)31-22-11-9-18(13-24(22)39-3)14-25(33)29-19-10-12-21(28-16-19)23(15-26(34)35)32(2)40(4,37)38/h5-13,16,23H,14-15H2,1-4H3,(H,29,33)(H,34,35)(H2,30,31,36). The van der Waals surface area contributed by atoms with E-state index >= 15 is 0 Å². The maximum Gasteiger partial charge on any atom is 0.323 e. The summed E-state index contributed by atoms with van der Waals surface area (Å²) >= 11 is 0. The van der Waals surface area contributed by atoms with Crippen LogP contribution in [0.4, 0.5) is 21.9 Å². The van der Waals surface area contributed by atoms with Crippen molar-refractivity contribution in [3.8, 4) is 5.75 Å². The third kappa shape index (κ3) is 8.25. The number of aryl methyl sites for hydroxylation is 1. The fraction of sp³-hybridized carbons (Fsp3) is 0.259. The Hall–Kier alpha value is -4.49. The van der Waals surface area contributed by atoms with E-state index in [1.54, 1.807) is 24.3 Å². The van der Waals surface area contributed by atoms with Gasteiger partial charge in [-0.2, -0.15) is 4.31 Å². The normalized spacial score (nSPS) is 11.9. The van der Waals surface area contributed by atoms with E-state index in [0.29, 0.717) is 28.4 Å². The number of nitrogens with one attached hydrogen (secondary N) is 3. The smallest absolute Gasteiger partial charge is 0.323 e. The van der Waals surface area contributed by atoms with Crippen molar-refractivity contribution >= 4 is 45.0 Å². The van der Waals surface area contributed by atoms with Gasteiger partial charge in [0.2, 0.25) is 15.9 Å². The van der Waals surface area contributed by atoms with Gasteiger partial charge in [-0.05, 0) is 48.4 Å². The van der Waals surface area contributed by atoms with Gasteiger partial charge in [-0.3, -0.25) is 14.6 Å². The number of sulfonamides is 1. The number of para-hydroxylation sites is 1. The number of pyridine rings is 1. The van der Waals surface area contributed by atoms with Crippen LogP contribution in [0.3, 0.4) is 0 Å². The van der Waals surface area contributed by atoms with Crippen molar-refractivity contribution in [2.45, 2.75) is 25.8 Å². The number of rotatable bonds is 11. The molecular formula is C27H31N5O7S. The third-order valence-corrected chi connectivity index (χ3v) is 7.31. The monoisotopic (exact) mass is 569 g/mol. The van der Waals surface area contributed by atoms with Gasteiger partial charge in [0.25, 0.3) is 0 Å². The molecule has 0 saturated heterocycles. The molecule has 212 valence electrons. The van der Waals surface area contributed by atoms with Crippen LogP contribution < -0.4 is 20.7 Å². The van der Waals surface area contributed by atoms with Crippen LogP contribution in [0.15, 0.2) is 60.8 Å². The van der Waals surface area contributed by atoms with E-state index in [0.717, 1.165) is 16.1 Å². The molecule has 0 radical (unpaired) electrons. The van der Waals surface area contributed by atoms with Crippen LogP contribution in [0, 0.1) is 6.92 Å². The van der Waals surface area contributed by atoms with Crippen molar-refractivity contribution in [1.82, 2.24) is 9.29 Å². The number of ether oxygens (including phenoxy) is 1. The van der Waals surface area contributed by atoms with Gasteiger partial charge in [0.05, 0.1) is 55.5 Å². The van der Waals surface area contributed by atoms with E-state index in [-0.39, 0.29) is 18.0 Å². The molecule has 0 aliphatic rings. The number of carboxylic acids is 1. The van der Waals surface area contributed by atoms with Gasteiger partial charge >= 0.3 is 12.0 Å². The van der Waals surface area contributed by atoms with E-state index in [2.05, 4.69) is 20.9 Å². The summed E-state index contributed by atoms with van der Waals surface area (Å²) in [5.74, 6) is -1.16. The Morgan fingerprint density at radius 3 is 2.33 bits per heavy atom. The number of carboxylic acid groups (broad SMARTS) is 1. The first kappa shape index (κ1) is 30.1. The molecule has 3 aromatic rings. The summed E-state index contributed by atoms with van der Waals surface area (Å²) < 4.78 is 30.2. The Morgan fingerprint density at radius 2 is 1.73 bits per heavy atom. The molecule has 0 fully saturated rings. The second-order valence-corrected chi connectivity index (χ2v) is 11.1. The second kappa shape index (κ2) is 13.0. The molecule has 0 bridgehead atoms. The average molecular weight is 570 g/mol. The van der Waals surface area contributed by atoms with Crippen LogP contribution in [0.5, 0.6) is 5.75 Å². The van der Waals surface area contributed by atoms with Crippen LogP contribution >= 0.6 is 0 Å². The van der Waals surface area contributed by atoms with Crippen molar-refractivity contribution in [2.75, 3.05) is 36.4 Å². The summed E-state index contributed by atoms with van der Waals surface area (Å²) in [7, 11) is -0.930. The number of methoxy groups -OCH3 is 1. The zero-order valence-corrected chi connectivity index (χ0v) is 23.3. The first-order valence-electron chi connectivity index (χ1n) is 12.1. The predicted molar refractivity (Wildman–Crippen MR) is 151 cm³/mol. The molecule has 1 aromatic heterocycles. The first-order chi connectivity index (χ1) is 18.9. The van der Waals surface area contributed by atoms with Crippen molar-refractivity contribution in [3.05, 3.63) is 77.6 Å². The van der Waals surface area contributed by atoms with Gasteiger partial charge in [-0.1, -0.05) is 24.3 Å². The number of hydrogen-bond donors (Lipinski definition) is 4. The van der Waals surface area contributed by atoms with Crippen molar-refractivity contribution < 1.29 is 32.6 Å². The number of anilines is 3. The maximum absolute atomic E-state index is 12.7. The minimum Gasteiger partial charge on any atom is -0.495 e. The number of nitrogens with zero attached hydrogens (tertiary/aromatic N) is 2. The number of benzene rings is 2. The van der Waals surface area contributed by atoms with E-state index < -0.39 is 34.5 Å². The number of hydrogen-bond acceptors (Lipinski definition) is 7. The topological polar surface area (TPSA) is 167 Å². The summed E-state index contributed by atoms with van der Waals surface area (Å²) in [6.07, 6.45) is 1.84. The summed E-state index contributed by atoms with van der Waals surface area (Å²) in [5, 5.41) is 17.4. The lowest BCUT2D eigenvalue weighted by Gasteiger charge is -2.24. The highest BCUT2D eigenvalue weighted by atomic mass is 32.2. The minimum absolute atomic E-state index is 0.00769. The van der Waals surface area contributed by atoms with Crippen LogP contribution in [0.25, 0.3) is 0 Å². The highest BCUT2D eigenvalue weighted by molar-refractivity contribution is 7.88. The highest BCUT2D eigenvalue weighted by Crippen LogP contribution is 2.27. The molecule has 0 spiro atoms. The van der Waals surface area contributed by atoms with Crippen molar-refractivity contribution in [2.24, 2.45) is 0 Å². The molecular weight excluding hydrogens is 538 g/mol.